The van der Waals surface area contributed by atoms with E-state index in [1.54, 1.807) is 0 Å². The van der Waals surface area contributed by atoms with Crippen LogP contribution in [-0.4, -0.2) is 39.4 Å². The summed E-state index contributed by atoms with van der Waals surface area (Å²) in [5.74, 6) is -0.388. The highest BCUT2D eigenvalue weighted by atomic mass is 35.5. The fraction of sp³-hybridized carbons (Fsp3) is 0.281. The zero-order valence-corrected chi connectivity index (χ0v) is 23.5. The van der Waals surface area contributed by atoms with Crippen LogP contribution in [0, 0.1) is 5.82 Å². The van der Waals surface area contributed by atoms with Gasteiger partial charge in [-0.25, -0.2) is 9.18 Å². The van der Waals surface area contributed by atoms with E-state index in [2.05, 4.69) is 22.0 Å². The standard InChI is InChI=1S/C32H31ClFN3O4/c1-2-3-9-25-26(31(33)36-35-30(25)22-7-5-4-6-8-22)20-37(19-24-12-11-23(32(38)39)17-27(24)34)18-21-10-13-28-29(16-21)41-15-14-40-28/h4-8,10-13,16-17H,2-3,9,14-15,18-20H2,1H3,(H,38,39). The molecule has 0 saturated heterocycles. The number of benzene rings is 3. The van der Waals surface area contributed by atoms with Gasteiger partial charge in [-0.15, -0.1) is 10.2 Å². The molecule has 41 heavy (non-hydrogen) atoms. The molecule has 5 rings (SSSR count). The van der Waals surface area contributed by atoms with Gasteiger partial charge < -0.3 is 14.6 Å². The van der Waals surface area contributed by atoms with Gasteiger partial charge in [0.05, 0.1) is 11.3 Å². The minimum Gasteiger partial charge on any atom is -0.486 e. The van der Waals surface area contributed by atoms with Crippen molar-refractivity contribution < 1.29 is 23.8 Å². The van der Waals surface area contributed by atoms with Crippen LogP contribution in [0.4, 0.5) is 4.39 Å². The van der Waals surface area contributed by atoms with Crippen LogP contribution >= 0.6 is 11.6 Å². The van der Waals surface area contributed by atoms with E-state index in [1.807, 2.05) is 48.5 Å². The van der Waals surface area contributed by atoms with E-state index < -0.39 is 11.8 Å². The van der Waals surface area contributed by atoms with E-state index in [1.165, 1.54) is 12.1 Å². The molecule has 3 aromatic carbocycles. The first kappa shape index (κ1) is 28.5. The molecular weight excluding hydrogens is 545 g/mol. The molecule has 1 N–H and O–H groups in total. The van der Waals surface area contributed by atoms with Gasteiger partial charge >= 0.3 is 5.97 Å². The van der Waals surface area contributed by atoms with Crippen molar-refractivity contribution in [1.29, 1.82) is 0 Å². The molecule has 0 aliphatic carbocycles. The molecule has 0 atom stereocenters. The van der Waals surface area contributed by atoms with Crippen molar-refractivity contribution in [1.82, 2.24) is 15.1 Å². The predicted octanol–water partition coefficient (Wildman–Crippen LogP) is 6.95. The predicted molar refractivity (Wildman–Crippen MR) is 155 cm³/mol. The lowest BCUT2D eigenvalue weighted by Gasteiger charge is -2.26. The van der Waals surface area contributed by atoms with Crippen LogP contribution in [0.2, 0.25) is 5.15 Å². The Labute approximate surface area is 243 Å². The van der Waals surface area contributed by atoms with Gasteiger partial charge in [0.2, 0.25) is 0 Å². The molecule has 0 radical (unpaired) electrons. The van der Waals surface area contributed by atoms with E-state index >= 15 is 4.39 Å². The molecule has 4 aromatic rings. The number of hydrogen-bond donors (Lipinski definition) is 1. The Kier molecular flexibility index (Phi) is 9.11. The first-order valence-corrected chi connectivity index (χ1v) is 14.0. The van der Waals surface area contributed by atoms with Crippen molar-refractivity contribution in [2.75, 3.05) is 13.2 Å². The normalized spacial score (nSPS) is 12.5. The Hall–Kier alpha value is -4.01. The van der Waals surface area contributed by atoms with Gasteiger partial charge in [0, 0.05) is 36.3 Å². The molecule has 1 aliphatic heterocycles. The summed E-state index contributed by atoms with van der Waals surface area (Å²) in [6.07, 6.45) is 2.71. The highest BCUT2D eigenvalue weighted by Crippen LogP contribution is 2.33. The maximum atomic E-state index is 15.1. The van der Waals surface area contributed by atoms with Crippen LogP contribution in [0.5, 0.6) is 11.5 Å². The zero-order valence-electron chi connectivity index (χ0n) is 22.8. The molecule has 2 heterocycles. The zero-order chi connectivity index (χ0) is 28.8. The second-order valence-electron chi connectivity index (χ2n) is 10.0. The quantitative estimate of drug-likeness (QED) is 0.207. The van der Waals surface area contributed by atoms with E-state index in [4.69, 9.17) is 21.1 Å². The van der Waals surface area contributed by atoms with Gasteiger partial charge in [0.25, 0.3) is 0 Å². The third-order valence-corrected chi connectivity index (χ3v) is 7.36. The maximum Gasteiger partial charge on any atom is 0.335 e. The van der Waals surface area contributed by atoms with Gasteiger partial charge in [-0.2, -0.15) is 0 Å². The molecule has 0 bridgehead atoms. The summed E-state index contributed by atoms with van der Waals surface area (Å²) in [7, 11) is 0. The monoisotopic (exact) mass is 575 g/mol. The molecule has 1 aliphatic rings. The lowest BCUT2D eigenvalue weighted by Crippen LogP contribution is -2.25. The molecule has 0 fully saturated rings. The van der Waals surface area contributed by atoms with Gasteiger partial charge in [-0.1, -0.05) is 67.4 Å². The summed E-state index contributed by atoms with van der Waals surface area (Å²) in [4.78, 5) is 13.4. The molecule has 0 saturated carbocycles. The number of halogens is 2. The highest BCUT2D eigenvalue weighted by Gasteiger charge is 2.22. The molecule has 212 valence electrons. The summed E-state index contributed by atoms with van der Waals surface area (Å²) in [6, 6.07) is 19.7. The second kappa shape index (κ2) is 13.1. The number of nitrogens with zero attached hydrogens (tertiary/aromatic N) is 3. The summed E-state index contributed by atoms with van der Waals surface area (Å²) >= 11 is 6.72. The van der Waals surface area contributed by atoms with E-state index in [0.29, 0.717) is 48.5 Å². The minimum absolute atomic E-state index is 0.0969. The number of aromatic carboxylic acids is 1. The minimum atomic E-state index is -1.17. The molecule has 0 amide bonds. The molecule has 9 heteroatoms. The summed E-state index contributed by atoms with van der Waals surface area (Å²) < 4.78 is 26.6. The first-order chi connectivity index (χ1) is 19.9. The summed E-state index contributed by atoms with van der Waals surface area (Å²) in [5.41, 5.74) is 4.84. The Morgan fingerprint density at radius 1 is 0.951 bits per heavy atom. The van der Waals surface area contributed by atoms with Crippen molar-refractivity contribution in [2.45, 2.75) is 45.8 Å². The van der Waals surface area contributed by atoms with Crippen LogP contribution in [0.3, 0.4) is 0 Å². The highest BCUT2D eigenvalue weighted by molar-refractivity contribution is 6.30. The van der Waals surface area contributed by atoms with E-state index in [0.717, 1.165) is 53.3 Å². The van der Waals surface area contributed by atoms with Crippen LogP contribution in [-0.2, 0) is 26.1 Å². The molecule has 1 aromatic heterocycles. The van der Waals surface area contributed by atoms with Crippen LogP contribution < -0.4 is 9.47 Å². The van der Waals surface area contributed by atoms with Crippen molar-refractivity contribution in [2.24, 2.45) is 0 Å². The van der Waals surface area contributed by atoms with Crippen molar-refractivity contribution >= 4 is 17.6 Å². The number of carbonyl (C=O) groups is 1. The second-order valence-corrected chi connectivity index (χ2v) is 10.4. The third-order valence-electron chi connectivity index (χ3n) is 7.05. The number of ether oxygens (including phenoxy) is 2. The molecule has 0 spiro atoms. The fourth-order valence-corrected chi connectivity index (χ4v) is 5.19. The average Bonchev–Trinajstić information content (AvgIpc) is 2.98. The summed E-state index contributed by atoms with van der Waals surface area (Å²) in [6.45, 7) is 4.15. The Morgan fingerprint density at radius 2 is 1.73 bits per heavy atom. The fourth-order valence-electron chi connectivity index (χ4n) is 4.98. The number of fused-ring (bicyclic) bond motifs is 1. The number of carboxylic acids is 1. The third kappa shape index (κ3) is 6.84. The molecule has 7 nitrogen and oxygen atoms in total. The Balaban J connectivity index is 1.53. The largest absolute Gasteiger partial charge is 0.486 e. The Bertz CT molecular complexity index is 1530. The lowest BCUT2D eigenvalue weighted by molar-refractivity contribution is 0.0696. The number of carboxylic acid groups (broad SMARTS) is 1. The smallest absolute Gasteiger partial charge is 0.335 e. The van der Waals surface area contributed by atoms with Crippen molar-refractivity contribution in [3.63, 3.8) is 0 Å². The van der Waals surface area contributed by atoms with Gasteiger partial charge in [0.1, 0.15) is 19.0 Å². The van der Waals surface area contributed by atoms with E-state index in [9.17, 15) is 9.90 Å². The maximum absolute atomic E-state index is 15.1. The Morgan fingerprint density at radius 3 is 2.46 bits per heavy atom. The van der Waals surface area contributed by atoms with Crippen molar-refractivity contribution in [3.8, 4) is 22.8 Å². The summed E-state index contributed by atoms with van der Waals surface area (Å²) in [5, 5.41) is 18.4. The van der Waals surface area contributed by atoms with Gasteiger partial charge in [-0.3, -0.25) is 4.90 Å². The molecular formula is C32H31ClFN3O4. The average molecular weight is 576 g/mol. The number of hydrogen-bond acceptors (Lipinski definition) is 6. The van der Waals surface area contributed by atoms with Crippen molar-refractivity contribution in [3.05, 3.63) is 106 Å². The van der Waals surface area contributed by atoms with Gasteiger partial charge in [-0.05, 0) is 48.2 Å². The topological polar surface area (TPSA) is 84.8 Å². The van der Waals surface area contributed by atoms with Crippen LogP contribution in [0.25, 0.3) is 11.3 Å². The van der Waals surface area contributed by atoms with E-state index in [-0.39, 0.29) is 12.1 Å². The number of rotatable bonds is 11. The lowest BCUT2D eigenvalue weighted by atomic mass is 9.97. The van der Waals surface area contributed by atoms with Gasteiger partial charge in [0.15, 0.2) is 16.7 Å². The van der Waals surface area contributed by atoms with Crippen LogP contribution in [0.15, 0.2) is 66.7 Å². The number of unbranched alkanes of at least 4 members (excludes halogenated alkanes) is 1. The SMILES string of the molecule is CCCCc1c(-c2ccccc2)nnc(Cl)c1CN(Cc1ccc2c(c1)OCCO2)Cc1ccc(C(=O)O)cc1F. The molecule has 0 unspecified atom stereocenters. The van der Waals surface area contributed by atoms with Crippen LogP contribution in [0.1, 0.15) is 52.4 Å². The first-order valence-electron chi connectivity index (χ1n) is 13.6. The number of aromatic nitrogens is 2.